The van der Waals surface area contributed by atoms with Crippen LogP contribution in [0.1, 0.15) is 34.5 Å². The van der Waals surface area contributed by atoms with Gasteiger partial charge in [0.25, 0.3) is 0 Å². The lowest BCUT2D eigenvalue weighted by Gasteiger charge is -2.15. The summed E-state index contributed by atoms with van der Waals surface area (Å²) in [6.07, 6.45) is 5.12. The first-order valence-corrected chi connectivity index (χ1v) is 8.79. The molecule has 124 valence electrons. The molecule has 0 saturated carbocycles. The van der Waals surface area contributed by atoms with Gasteiger partial charge in [-0.25, -0.2) is 4.98 Å². The highest BCUT2D eigenvalue weighted by Crippen LogP contribution is 2.34. The molecular weight excluding hydrogens is 320 g/mol. The van der Waals surface area contributed by atoms with E-state index in [1.54, 1.807) is 25.6 Å². The maximum atomic E-state index is 9.57. The molecule has 0 amide bonds. The van der Waals surface area contributed by atoms with Gasteiger partial charge in [-0.1, -0.05) is 13.0 Å². The summed E-state index contributed by atoms with van der Waals surface area (Å²) < 4.78 is 10.6. The number of hydrogen-bond acceptors (Lipinski definition) is 5. The summed E-state index contributed by atoms with van der Waals surface area (Å²) in [5.74, 6) is 2.02. The van der Waals surface area contributed by atoms with Crippen LogP contribution in [0.5, 0.6) is 11.5 Å². The van der Waals surface area contributed by atoms with Gasteiger partial charge in [0.2, 0.25) is 0 Å². The van der Waals surface area contributed by atoms with Crippen molar-refractivity contribution in [1.29, 1.82) is 5.26 Å². The molecule has 1 unspecified atom stereocenters. The molecule has 1 aliphatic rings. The van der Waals surface area contributed by atoms with Gasteiger partial charge in [0.05, 0.1) is 25.5 Å². The number of aryl methyl sites for hydroxylation is 1. The summed E-state index contributed by atoms with van der Waals surface area (Å²) in [6, 6.07) is 7.91. The number of hydrogen-bond donors (Lipinski definition) is 0. The fourth-order valence-electron chi connectivity index (χ4n) is 2.91. The zero-order valence-electron chi connectivity index (χ0n) is 14.1. The second-order valence-electron chi connectivity index (χ2n) is 6.02. The minimum Gasteiger partial charge on any atom is -0.493 e. The van der Waals surface area contributed by atoms with Crippen LogP contribution in [-0.4, -0.2) is 19.2 Å². The molecule has 0 fully saturated rings. The van der Waals surface area contributed by atoms with E-state index in [0.717, 1.165) is 23.4 Å². The highest BCUT2D eigenvalue weighted by atomic mass is 32.1. The summed E-state index contributed by atoms with van der Waals surface area (Å²) in [6.45, 7) is 2.27. The van der Waals surface area contributed by atoms with Gasteiger partial charge in [-0.2, -0.15) is 5.26 Å². The second kappa shape index (κ2) is 7.06. The molecule has 0 aliphatic heterocycles. The van der Waals surface area contributed by atoms with Gasteiger partial charge in [0.15, 0.2) is 11.5 Å². The van der Waals surface area contributed by atoms with Crippen molar-refractivity contribution in [3.8, 4) is 17.6 Å². The summed E-state index contributed by atoms with van der Waals surface area (Å²) in [4.78, 5) is 6.03. The minimum atomic E-state index is 0.592. The zero-order valence-corrected chi connectivity index (χ0v) is 14.9. The smallest absolute Gasteiger partial charge is 0.161 e. The number of methoxy groups -OCH3 is 2. The van der Waals surface area contributed by atoms with Gasteiger partial charge in [0.1, 0.15) is 11.1 Å². The number of nitriles is 1. The van der Waals surface area contributed by atoms with Crippen LogP contribution in [0, 0.1) is 17.2 Å². The second-order valence-corrected chi connectivity index (χ2v) is 7.10. The molecule has 1 aromatic carbocycles. The summed E-state index contributed by atoms with van der Waals surface area (Å²) in [5, 5.41) is 10.4. The van der Waals surface area contributed by atoms with Crippen molar-refractivity contribution in [3.05, 3.63) is 39.3 Å². The number of rotatable bonds is 4. The average Bonchev–Trinajstić information content (AvgIpc) is 3.02. The Balaban J connectivity index is 1.95. The topological polar surface area (TPSA) is 55.1 Å². The van der Waals surface area contributed by atoms with Gasteiger partial charge in [-0.05, 0) is 49.0 Å². The molecule has 0 bridgehead atoms. The van der Waals surface area contributed by atoms with Crippen LogP contribution in [0.4, 0.5) is 0 Å². The number of fused-ring (bicyclic) bond motifs is 1. The van der Waals surface area contributed by atoms with Crippen LogP contribution in [0.25, 0.3) is 11.6 Å². The molecule has 2 aromatic rings. The minimum absolute atomic E-state index is 0.592. The lowest BCUT2D eigenvalue weighted by Crippen LogP contribution is -2.09. The Kier molecular flexibility index (Phi) is 4.86. The van der Waals surface area contributed by atoms with Gasteiger partial charge >= 0.3 is 0 Å². The van der Waals surface area contributed by atoms with Crippen LogP contribution in [-0.2, 0) is 12.8 Å². The zero-order chi connectivity index (χ0) is 17.1. The molecule has 0 saturated heterocycles. The normalized spacial score (nSPS) is 17.1. The van der Waals surface area contributed by atoms with E-state index in [9.17, 15) is 5.26 Å². The van der Waals surface area contributed by atoms with E-state index in [-0.39, 0.29) is 0 Å². The Hall–Kier alpha value is -2.32. The number of ether oxygens (including phenoxy) is 2. The largest absolute Gasteiger partial charge is 0.493 e. The van der Waals surface area contributed by atoms with E-state index in [4.69, 9.17) is 14.5 Å². The molecule has 3 rings (SSSR count). The monoisotopic (exact) mass is 340 g/mol. The lowest BCUT2D eigenvalue weighted by molar-refractivity contribution is 0.355. The third-order valence-corrected chi connectivity index (χ3v) is 5.41. The highest BCUT2D eigenvalue weighted by molar-refractivity contribution is 7.13. The molecule has 1 aromatic heterocycles. The van der Waals surface area contributed by atoms with Gasteiger partial charge < -0.3 is 9.47 Å². The summed E-state index contributed by atoms with van der Waals surface area (Å²) >= 11 is 1.65. The van der Waals surface area contributed by atoms with Crippen molar-refractivity contribution in [2.24, 2.45) is 5.92 Å². The molecule has 4 nitrogen and oxygen atoms in total. The molecule has 1 heterocycles. The molecule has 0 radical (unpaired) electrons. The fraction of sp³-hybridized carbons (Fsp3) is 0.368. The van der Waals surface area contributed by atoms with Crippen molar-refractivity contribution >= 4 is 23.0 Å². The van der Waals surface area contributed by atoms with E-state index < -0.39 is 0 Å². The molecule has 1 aliphatic carbocycles. The van der Waals surface area contributed by atoms with Gasteiger partial charge in [0, 0.05) is 4.88 Å². The van der Waals surface area contributed by atoms with Crippen molar-refractivity contribution in [1.82, 2.24) is 4.98 Å². The first-order chi connectivity index (χ1) is 11.6. The van der Waals surface area contributed by atoms with E-state index in [2.05, 4.69) is 13.0 Å². The predicted octanol–water partition coefficient (Wildman–Crippen LogP) is 4.35. The summed E-state index contributed by atoms with van der Waals surface area (Å²) in [5.41, 5.74) is 2.65. The first-order valence-electron chi connectivity index (χ1n) is 7.97. The number of aromatic nitrogens is 1. The maximum absolute atomic E-state index is 9.57. The predicted molar refractivity (Wildman–Crippen MR) is 96.3 cm³/mol. The molecule has 1 atom stereocenters. The average molecular weight is 340 g/mol. The first kappa shape index (κ1) is 16.5. The molecular formula is C19H20N2O2S. The summed E-state index contributed by atoms with van der Waals surface area (Å²) in [7, 11) is 3.21. The number of benzene rings is 1. The highest BCUT2D eigenvalue weighted by Gasteiger charge is 2.21. The number of allylic oxidation sites excluding steroid dienone is 1. The van der Waals surface area contributed by atoms with Crippen molar-refractivity contribution < 1.29 is 9.47 Å². The molecule has 0 spiro atoms. The number of nitrogens with zero attached hydrogens (tertiary/aromatic N) is 2. The Labute approximate surface area is 146 Å². The van der Waals surface area contributed by atoms with Crippen molar-refractivity contribution in [2.75, 3.05) is 14.2 Å². The van der Waals surface area contributed by atoms with E-state index in [1.807, 2.05) is 24.3 Å². The lowest BCUT2D eigenvalue weighted by atomic mass is 9.93. The van der Waals surface area contributed by atoms with Crippen LogP contribution in [0.15, 0.2) is 18.2 Å². The number of thiazole rings is 1. The van der Waals surface area contributed by atoms with Crippen LogP contribution >= 0.6 is 11.3 Å². The van der Waals surface area contributed by atoms with Crippen molar-refractivity contribution in [3.63, 3.8) is 0 Å². The SMILES string of the molecule is COc1ccc(C=C(C#N)c2nc3c(s2)CC(C)CC3)cc1OC. The Bertz CT molecular complexity index is 817. The van der Waals surface area contributed by atoms with Gasteiger partial charge in [-0.15, -0.1) is 11.3 Å². The Morgan fingerprint density at radius 3 is 2.83 bits per heavy atom. The van der Waals surface area contributed by atoms with Crippen LogP contribution in [0.2, 0.25) is 0 Å². The third kappa shape index (κ3) is 3.29. The van der Waals surface area contributed by atoms with Crippen LogP contribution in [0.3, 0.4) is 0 Å². The molecule has 24 heavy (non-hydrogen) atoms. The quantitative estimate of drug-likeness (QED) is 0.777. The van der Waals surface area contributed by atoms with Crippen molar-refractivity contribution in [2.45, 2.75) is 26.2 Å². The van der Waals surface area contributed by atoms with Gasteiger partial charge in [-0.3, -0.25) is 0 Å². The molecule has 0 N–H and O–H groups in total. The third-order valence-electron chi connectivity index (χ3n) is 4.26. The Morgan fingerprint density at radius 1 is 1.33 bits per heavy atom. The maximum Gasteiger partial charge on any atom is 0.161 e. The molecule has 5 heteroatoms. The van der Waals surface area contributed by atoms with E-state index in [0.29, 0.717) is 23.0 Å². The Morgan fingerprint density at radius 2 is 2.12 bits per heavy atom. The van der Waals surface area contributed by atoms with E-state index in [1.165, 1.54) is 17.0 Å². The standard InChI is InChI=1S/C19H20N2O2S/c1-12-4-6-15-18(8-12)24-19(21-15)14(11-20)9-13-5-7-16(22-2)17(10-13)23-3/h5,7,9-10,12H,4,6,8H2,1-3H3. The van der Waals surface area contributed by atoms with E-state index >= 15 is 0 Å². The van der Waals surface area contributed by atoms with Crippen LogP contribution < -0.4 is 9.47 Å². The fourth-order valence-corrected chi connectivity index (χ4v) is 4.14.